The standard InChI is InChI=1S/C15H19N3O2S2/c1-11(2)18(12-7-5-4-6-8-12)14(19)10-22-15-17-16-13(20-15)9-21-3/h4-8,11H,9-10H2,1-3H3. The third-order valence-corrected chi connectivity index (χ3v) is 4.19. The molecule has 0 atom stereocenters. The number of carbonyl (C=O) groups is 1. The lowest BCUT2D eigenvalue weighted by atomic mass is 10.2. The Bertz CT molecular complexity index is 602. The minimum absolute atomic E-state index is 0.0239. The van der Waals surface area contributed by atoms with E-state index in [-0.39, 0.29) is 17.7 Å². The predicted octanol–water partition coefficient (Wildman–Crippen LogP) is 3.47. The number of hydrogen-bond donors (Lipinski definition) is 0. The summed E-state index contributed by atoms with van der Waals surface area (Å²) in [5.41, 5.74) is 0.900. The highest BCUT2D eigenvalue weighted by atomic mass is 32.2. The zero-order chi connectivity index (χ0) is 15.9. The minimum atomic E-state index is 0.0239. The summed E-state index contributed by atoms with van der Waals surface area (Å²) in [6.45, 7) is 4.00. The molecule has 0 unspecified atom stereocenters. The fraction of sp³-hybridized carbons (Fsp3) is 0.400. The van der Waals surface area contributed by atoms with Gasteiger partial charge in [-0.05, 0) is 32.2 Å². The maximum Gasteiger partial charge on any atom is 0.277 e. The van der Waals surface area contributed by atoms with Crippen LogP contribution in [-0.2, 0) is 10.5 Å². The lowest BCUT2D eigenvalue weighted by molar-refractivity contribution is -0.116. The Labute approximate surface area is 138 Å². The van der Waals surface area contributed by atoms with Crippen LogP contribution >= 0.6 is 23.5 Å². The molecule has 0 fully saturated rings. The van der Waals surface area contributed by atoms with Gasteiger partial charge in [-0.15, -0.1) is 10.2 Å². The van der Waals surface area contributed by atoms with Crippen molar-refractivity contribution in [2.45, 2.75) is 30.9 Å². The highest BCUT2D eigenvalue weighted by molar-refractivity contribution is 7.99. The molecule has 118 valence electrons. The molecule has 1 aromatic heterocycles. The van der Waals surface area contributed by atoms with Gasteiger partial charge in [-0.1, -0.05) is 30.0 Å². The first-order valence-electron chi connectivity index (χ1n) is 6.93. The maximum absolute atomic E-state index is 12.5. The van der Waals surface area contributed by atoms with Crippen molar-refractivity contribution in [3.63, 3.8) is 0 Å². The molecule has 1 aromatic carbocycles. The Balaban J connectivity index is 1.99. The molecule has 0 aliphatic carbocycles. The molecule has 5 nitrogen and oxygen atoms in total. The number of amides is 1. The molecule has 22 heavy (non-hydrogen) atoms. The van der Waals surface area contributed by atoms with Crippen molar-refractivity contribution in [3.05, 3.63) is 36.2 Å². The number of aromatic nitrogens is 2. The first-order chi connectivity index (χ1) is 10.6. The quantitative estimate of drug-likeness (QED) is 0.721. The van der Waals surface area contributed by atoms with Crippen LogP contribution in [0.15, 0.2) is 40.0 Å². The van der Waals surface area contributed by atoms with E-state index >= 15 is 0 Å². The Morgan fingerprint density at radius 2 is 2.00 bits per heavy atom. The topological polar surface area (TPSA) is 59.2 Å². The molecule has 0 saturated heterocycles. The zero-order valence-corrected chi connectivity index (χ0v) is 14.5. The first kappa shape index (κ1) is 16.9. The molecule has 0 saturated carbocycles. The number of hydrogen-bond acceptors (Lipinski definition) is 6. The number of anilines is 1. The Kier molecular flexibility index (Phi) is 6.33. The second kappa shape index (κ2) is 8.24. The predicted molar refractivity (Wildman–Crippen MR) is 91.3 cm³/mol. The first-order valence-corrected chi connectivity index (χ1v) is 9.31. The number of nitrogens with zero attached hydrogens (tertiary/aromatic N) is 3. The normalized spacial score (nSPS) is 10.9. The number of thioether (sulfide) groups is 2. The average Bonchev–Trinajstić information content (AvgIpc) is 2.94. The minimum Gasteiger partial charge on any atom is -0.415 e. The molecule has 0 N–H and O–H groups in total. The number of para-hydroxylation sites is 1. The molecule has 7 heteroatoms. The van der Waals surface area contributed by atoms with Gasteiger partial charge in [0, 0.05) is 11.7 Å². The molecular weight excluding hydrogens is 318 g/mol. The van der Waals surface area contributed by atoms with Gasteiger partial charge in [0.05, 0.1) is 11.5 Å². The van der Waals surface area contributed by atoms with E-state index in [1.54, 1.807) is 16.7 Å². The lowest BCUT2D eigenvalue weighted by Gasteiger charge is -2.26. The SMILES string of the molecule is CSCc1nnc(SCC(=O)N(c2ccccc2)C(C)C)o1. The molecule has 1 heterocycles. The van der Waals surface area contributed by atoms with Crippen LogP contribution in [0.2, 0.25) is 0 Å². The third-order valence-electron chi connectivity index (χ3n) is 2.85. The summed E-state index contributed by atoms with van der Waals surface area (Å²) in [6, 6.07) is 9.76. The molecule has 0 aliphatic heterocycles. The number of benzene rings is 1. The largest absolute Gasteiger partial charge is 0.415 e. The van der Waals surface area contributed by atoms with Crippen molar-refractivity contribution in [3.8, 4) is 0 Å². The van der Waals surface area contributed by atoms with Gasteiger partial charge < -0.3 is 9.32 Å². The third kappa shape index (κ3) is 4.51. The Morgan fingerprint density at radius 1 is 1.27 bits per heavy atom. The molecule has 2 aromatic rings. The molecule has 0 radical (unpaired) electrons. The van der Waals surface area contributed by atoms with Crippen LogP contribution < -0.4 is 4.90 Å². The van der Waals surface area contributed by atoms with E-state index in [0.29, 0.717) is 16.9 Å². The van der Waals surface area contributed by atoms with Gasteiger partial charge in [-0.25, -0.2) is 0 Å². The summed E-state index contributed by atoms with van der Waals surface area (Å²) in [5.74, 6) is 1.57. The van der Waals surface area contributed by atoms with Crippen LogP contribution in [0.1, 0.15) is 19.7 Å². The van der Waals surface area contributed by atoms with Gasteiger partial charge >= 0.3 is 0 Å². The summed E-state index contributed by atoms with van der Waals surface area (Å²) in [4.78, 5) is 14.3. The second-order valence-corrected chi connectivity index (χ2v) is 6.67. The van der Waals surface area contributed by atoms with E-state index in [2.05, 4.69) is 10.2 Å². The van der Waals surface area contributed by atoms with Crippen molar-refractivity contribution >= 4 is 35.1 Å². The Morgan fingerprint density at radius 3 is 2.64 bits per heavy atom. The molecule has 0 aliphatic rings. The van der Waals surface area contributed by atoms with Gasteiger partial charge in [0.25, 0.3) is 5.22 Å². The lowest BCUT2D eigenvalue weighted by Crippen LogP contribution is -2.38. The van der Waals surface area contributed by atoms with Crippen LogP contribution in [-0.4, -0.2) is 34.2 Å². The van der Waals surface area contributed by atoms with Crippen LogP contribution in [0.4, 0.5) is 5.69 Å². The van der Waals surface area contributed by atoms with Gasteiger partial charge in [-0.2, -0.15) is 11.8 Å². The van der Waals surface area contributed by atoms with Crippen LogP contribution in [0.5, 0.6) is 0 Å². The van der Waals surface area contributed by atoms with Gasteiger partial charge in [0.1, 0.15) is 0 Å². The number of rotatable bonds is 7. The van der Waals surface area contributed by atoms with Crippen molar-refractivity contribution in [2.75, 3.05) is 16.9 Å². The molecule has 0 spiro atoms. The summed E-state index contributed by atoms with van der Waals surface area (Å²) >= 11 is 2.89. The highest BCUT2D eigenvalue weighted by Crippen LogP contribution is 2.22. The molecule has 0 bridgehead atoms. The van der Waals surface area contributed by atoms with E-state index in [9.17, 15) is 4.79 Å². The van der Waals surface area contributed by atoms with Crippen molar-refractivity contribution < 1.29 is 9.21 Å². The summed E-state index contributed by atoms with van der Waals surface area (Å²) in [6.07, 6.45) is 1.97. The highest BCUT2D eigenvalue weighted by Gasteiger charge is 2.20. The fourth-order valence-corrected chi connectivity index (χ4v) is 2.99. The van der Waals surface area contributed by atoms with Gasteiger partial charge in [-0.3, -0.25) is 4.79 Å². The Hall–Kier alpha value is -1.47. The molecule has 2 rings (SSSR count). The van der Waals surface area contributed by atoms with E-state index in [0.717, 1.165) is 5.69 Å². The van der Waals surface area contributed by atoms with Crippen LogP contribution in [0, 0.1) is 0 Å². The maximum atomic E-state index is 12.5. The van der Waals surface area contributed by atoms with Crippen LogP contribution in [0.3, 0.4) is 0 Å². The summed E-state index contributed by atoms with van der Waals surface area (Å²) in [7, 11) is 0. The van der Waals surface area contributed by atoms with Crippen molar-refractivity contribution in [1.82, 2.24) is 10.2 Å². The number of carbonyl (C=O) groups excluding carboxylic acids is 1. The molecular formula is C15H19N3O2S2. The van der Waals surface area contributed by atoms with Gasteiger partial charge in [0.15, 0.2) is 0 Å². The van der Waals surface area contributed by atoms with Crippen LogP contribution in [0.25, 0.3) is 0 Å². The summed E-state index contributed by atoms with van der Waals surface area (Å²) in [5, 5.41) is 8.32. The van der Waals surface area contributed by atoms with E-state index in [1.165, 1.54) is 11.8 Å². The van der Waals surface area contributed by atoms with E-state index in [4.69, 9.17) is 4.42 Å². The average molecular weight is 337 g/mol. The monoisotopic (exact) mass is 337 g/mol. The van der Waals surface area contributed by atoms with E-state index < -0.39 is 0 Å². The fourth-order valence-electron chi connectivity index (χ4n) is 1.99. The van der Waals surface area contributed by atoms with Crippen molar-refractivity contribution in [1.29, 1.82) is 0 Å². The smallest absolute Gasteiger partial charge is 0.277 e. The summed E-state index contributed by atoms with van der Waals surface area (Å²) < 4.78 is 5.47. The van der Waals surface area contributed by atoms with Gasteiger partial charge in [0.2, 0.25) is 11.8 Å². The molecule has 1 amide bonds. The second-order valence-electron chi connectivity index (χ2n) is 4.88. The zero-order valence-electron chi connectivity index (χ0n) is 12.9. The van der Waals surface area contributed by atoms with E-state index in [1.807, 2.05) is 50.4 Å². The van der Waals surface area contributed by atoms with Crippen molar-refractivity contribution in [2.24, 2.45) is 0 Å².